The number of nitrogens with one attached hydrogen (secondary N) is 2. The molecule has 2 heterocycles. The van der Waals surface area contributed by atoms with E-state index in [1.54, 1.807) is 6.20 Å². The van der Waals surface area contributed by atoms with E-state index in [-0.39, 0.29) is 11.6 Å². The van der Waals surface area contributed by atoms with E-state index in [1.165, 1.54) is 12.8 Å². The summed E-state index contributed by atoms with van der Waals surface area (Å²) in [6.45, 7) is 0. The molecule has 1 aliphatic heterocycles. The summed E-state index contributed by atoms with van der Waals surface area (Å²) in [7, 11) is 0. The number of benzene rings is 1. The number of carbonyl (C=O) groups is 2. The summed E-state index contributed by atoms with van der Waals surface area (Å²) in [5, 5.41) is 3.33. The summed E-state index contributed by atoms with van der Waals surface area (Å²) in [5.41, 5.74) is 3.36. The monoisotopic (exact) mass is 321 g/mol. The first-order valence-electron chi connectivity index (χ1n) is 8.47. The molecule has 4 rings (SSSR count). The van der Waals surface area contributed by atoms with Crippen molar-refractivity contribution in [1.82, 2.24) is 10.3 Å². The highest BCUT2D eigenvalue weighted by molar-refractivity contribution is 6.37. The second-order valence-electron chi connectivity index (χ2n) is 6.35. The van der Waals surface area contributed by atoms with Crippen LogP contribution in [0.4, 0.5) is 0 Å². The number of rotatable bonds is 2. The van der Waals surface area contributed by atoms with Crippen LogP contribution in [0.15, 0.2) is 41.2 Å². The van der Waals surface area contributed by atoms with Gasteiger partial charge in [-0.2, -0.15) is 0 Å². The van der Waals surface area contributed by atoms with Gasteiger partial charge in [-0.1, -0.05) is 31.0 Å². The third kappa shape index (κ3) is 2.56. The Morgan fingerprint density at radius 3 is 2.46 bits per heavy atom. The molecule has 0 bridgehead atoms. The third-order valence-corrected chi connectivity index (χ3v) is 4.72. The Labute approximate surface area is 139 Å². The van der Waals surface area contributed by atoms with Crippen molar-refractivity contribution in [2.75, 3.05) is 0 Å². The largest absolute Gasteiger partial charge is 0.361 e. The minimum Gasteiger partial charge on any atom is -0.361 e. The van der Waals surface area contributed by atoms with Gasteiger partial charge < -0.3 is 4.98 Å². The van der Waals surface area contributed by atoms with Crippen LogP contribution < -0.4 is 5.32 Å². The number of aromatic nitrogens is 1. The number of aliphatic imine (C=N–C) groups is 1. The van der Waals surface area contributed by atoms with Gasteiger partial charge >= 0.3 is 0 Å². The van der Waals surface area contributed by atoms with Gasteiger partial charge in [0.2, 0.25) is 0 Å². The highest BCUT2D eigenvalue weighted by Crippen LogP contribution is 2.31. The number of hydrogen-bond acceptors (Lipinski definition) is 3. The number of para-hydroxylation sites is 1. The van der Waals surface area contributed by atoms with Crippen LogP contribution in [0.25, 0.3) is 16.5 Å². The number of imide groups is 1. The summed E-state index contributed by atoms with van der Waals surface area (Å²) >= 11 is 0. The minimum atomic E-state index is -0.392. The van der Waals surface area contributed by atoms with Gasteiger partial charge in [-0.05, 0) is 31.7 Å². The van der Waals surface area contributed by atoms with E-state index < -0.39 is 5.91 Å². The van der Waals surface area contributed by atoms with Crippen LogP contribution in [0, 0.1) is 0 Å². The molecule has 122 valence electrons. The lowest BCUT2D eigenvalue weighted by atomic mass is 10.0. The highest BCUT2D eigenvalue weighted by atomic mass is 16.2. The summed E-state index contributed by atoms with van der Waals surface area (Å²) < 4.78 is 0. The summed E-state index contributed by atoms with van der Waals surface area (Å²) in [5.74, 6) is -0.755. The van der Waals surface area contributed by atoms with Crippen molar-refractivity contribution in [1.29, 1.82) is 0 Å². The first-order chi connectivity index (χ1) is 11.7. The van der Waals surface area contributed by atoms with E-state index in [0.717, 1.165) is 47.9 Å². The van der Waals surface area contributed by atoms with Crippen molar-refractivity contribution >= 4 is 34.0 Å². The fourth-order valence-electron chi connectivity index (χ4n) is 3.49. The number of hydrogen-bond donors (Lipinski definition) is 2. The second kappa shape index (κ2) is 6.07. The Morgan fingerprint density at radius 2 is 1.67 bits per heavy atom. The average Bonchev–Trinajstić information content (AvgIpc) is 2.98. The molecule has 0 saturated heterocycles. The van der Waals surface area contributed by atoms with Crippen LogP contribution >= 0.6 is 0 Å². The van der Waals surface area contributed by atoms with E-state index in [0.29, 0.717) is 5.57 Å². The number of aromatic amines is 1. The molecule has 1 fully saturated rings. The van der Waals surface area contributed by atoms with Crippen LogP contribution in [0.2, 0.25) is 0 Å². The van der Waals surface area contributed by atoms with Crippen molar-refractivity contribution in [2.24, 2.45) is 4.99 Å². The van der Waals surface area contributed by atoms with Gasteiger partial charge in [0.15, 0.2) is 0 Å². The van der Waals surface area contributed by atoms with Gasteiger partial charge in [-0.3, -0.25) is 19.9 Å². The Bertz CT molecular complexity index is 879. The first-order valence-corrected chi connectivity index (χ1v) is 8.47. The van der Waals surface area contributed by atoms with Crippen molar-refractivity contribution in [3.05, 3.63) is 41.7 Å². The SMILES string of the molecule is O=C1NC(=O)C(c2c[nH]c3ccccc23)=C1N=C1CCCCCC1. The summed E-state index contributed by atoms with van der Waals surface area (Å²) in [6, 6.07) is 7.75. The molecule has 0 radical (unpaired) electrons. The predicted molar refractivity (Wildman–Crippen MR) is 93.5 cm³/mol. The number of H-pyrrole nitrogens is 1. The Hall–Kier alpha value is -2.69. The molecule has 0 unspecified atom stereocenters. The molecule has 24 heavy (non-hydrogen) atoms. The molecular formula is C19H19N3O2. The molecule has 0 atom stereocenters. The molecule has 2 aliphatic rings. The molecule has 2 amide bonds. The fourth-order valence-corrected chi connectivity index (χ4v) is 3.49. The third-order valence-electron chi connectivity index (χ3n) is 4.72. The zero-order valence-corrected chi connectivity index (χ0v) is 13.4. The van der Waals surface area contributed by atoms with Gasteiger partial charge in [-0.25, -0.2) is 0 Å². The van der Waals surface area contributed by atoms with E-state index in [4.69, 9.17) is 0 Å². The quantitative estimate of drug-likeness (QED) is 0.657. The summed E-state index contributed by atoms with van der Waals surface area (Å²) in [4.78, 5) is 32.4. The maximum atomic E-state index is 12.4. The molecule has 1 aromatic heterocycles. The van der Waals surface area contributed by atoms with Crippen LogP contribution in [-0.4, -0.2) is 22.5 Å². The standard InChI is InChI=1S/C19H19N3O2/c23-18-16(14-11-20-15-10-6-5-9-13(14)15)17(19(24)22-18)21-12-7-3-1-2-4-8-12/h5-6,9-11,20H,1-4,7-8H2,(H,22,23,24). The van der Waals surface area contributed by atoms with Gasteiger partial charge in [0, 0.05) is 28.4 Å². The zero-order valence-electron chi connectivity index (χ0n) is 13.4. The van der Waals surface area contributed by atoms with Crippen LogP contribution in [0.5, 0.6) is 0 Å². The average molecular weight is 321 g/mol. The van der Waals surface area contributed by atoms with Crippen LogP contribution in [0.1, 0.15) is 44.1 Å². The molecule has 1 aromatic carbocycles. The van der Waals surface area contributed by atoms with Gasteiger partial charge in [0.25, 0.3) is 11.8 Å². The zero-order chi connectivity index (χ0) is 16.5. The number of carbonyl (C=O) groups excluding carboxylic acids is 2. The minimum absolute atomic E-state index is 0.265. The normalized spacial score (nSPS) is 18.9. The molecule has 1 saturated carbocycles. The van der Waals surface area contributed by atoms with Crippen molar-refractivity contribution in [3.63, 3.8) is 0 Å². The molecule has 0 spiro atoms. The number of nitrogens with zero attached hydrogens (tertiary/aromatic N) is 1. The topological polar surface area (TPSA) is 74.3 Å². The predicted octanol–water partition coefficient (Wildman–Crippen LogP) is 3.33. The Kier molecular flexibility index (Phi) is 3.76. The van der Waals surface area contributed by atoms with Gasteiger partial charge in [0.05, 0.1) is 5.57 Å². The smallest absolute Gasteiger partial charge is 0.277 e. The van der Waals surface area contributed by atoms with Crippen LogP contribution in [-0.2, 0) is 9.59 Å². The Morgan fingerprint density at radius 1 is 0.917 bits per heavy atom. The van der Waals surface area contributed by atoms with Crippen LogP contribution in [0.3, 0.4) is 0 Å². The highest BCUT2D eigenvalue weighted by Gasteiger charge is 2.33. The second-order valence-corrected chi connectivity index (χ2v) is 6.35. The molecule has 1 aliphatic carbocycles. The van der Waals surface area contributed by atoms with Gasteiger partial charge in [-0.15, -0.1) is 0 Å². The number of fused-ring (bicyclic) bond motifs is 1. The summed E-state index contributed by atoms with van der Waals surface area (Å²) in [6.07, 6.45) is 8.22. The van der Waals surface area contributed by atoms with Crippen molar-refractivity contribution in [3.8, 4) is 0 Å². The Balaban J connectivity index is 1.85. The molecule has 2 N–H and O–H groups in total. The maximum absolute atomic E-state index is 12.4. The lowest BCUT2D eigenvalue weighted by Gasteiger charge is -2.03. The van der Waals surface area contributed by atoms with E-state index in [1.807, 2.05) is 24.3 Å². The van der Waals surface area contributed by atoms with Crippen molar-refractivity contribution < 1.29 is 9.59 Å². The van der Waals surface area contributed by atoms with E-state index in [9.17, 15) is 9.59 Å². The van der Waals surface area contributed by atoms with E-state index >= 15 is 0 Å². The maximum Gasteiger partial charge on any atom is 0.277 e. The molecule has 2 aromatic rings. The lowest BCUT2D eigenvalue weighted by molar-refractivity contribution is -0.123. The molecular weight excluding hydrogens is 302 g/mol. The molecule has 5 heteroatoms. The number of amides is 2. The van der Waals surface area contributed by atoms with Gasteiger partial charge in [0.1, 0.15) is 5.70 Å². The molecule has 5 nitrogen and oxygen atoms in total. The van der Waals surface area contributed by atoms with Crippen molar-refractivity contribution in [2.45, 2.75) is 38.5 Å². The lowest BCUT2D eigenvalue weighted by Crippen LogP contribution is -2.23. The fraction of sp³-hybridized carbons (Fsp3) is 0.316. The van der Waals surface area contributed by atoms with E-state index in [2.05, 4.69) is 15.3 Å². The first kappa shape index (κ1) is 14.9.